The Balaban J connectivity index is 0. The summed E-state index contributed by atoms with van der Waals surface area (Å²) in [5, 5.41) is 0. The van der Waals surface area contributed by atoms with Crippen molar-refractivity contribution >= 4 is 11.8 Å². The third-order valence-electron chi connectivity index (χ3n) is 0.864. The molecule has 67 valence electrons. The van der Waals surface area contributed by atoms with Crippen molar-refractivity contribution in [3.05, 3.63) is 0 Å². The zero-order valence-corrected chi connectivity index (χ0v) is 9.34. The van der Waals surface area contributed by atoms with Crippen molar-refractivity contribution in [1.82, 2.24) is 0 Å². The largest absolute Gasteiger partial charge is 0.382 e. The van der Waals surface area contributed by atoms with Crippen molar-refractivity contribution in [1.29, 1.82) is 0 Å². The predicted molar refractivity (Wildman–Crippen MR) is 41.1 cm³/mol. The van der Waals surface area contributed by atoms with Gasteiger partial charge in [0.2, 0.25) is 0 Å². The molecule has 4 heteroatoms. The fourth-order valence-corrected chi connectivity index (χ4v) is 0.671. The van der Waals surface area contributed by atoms with Gasteiger partial charge in [0.1, 0.15) is 0 Å². The summed E-state index contributed by atoms with van der Waals surface area (Å²) in [4.78, 5) is 0. The molecule has 0 bridgehead atoms. The second kappa shape index (κ2) is 12.7. The molecular weight excluding hydrogens is 333 g/mol. The summed E-state index contributed by atoms with van der Waals surface area (Å²) in [6.07, 6.45) is 2.07. The summed E-state index contributed by atoms with van der Waals surface area (Å²) in [5.41, 5.74) is 0. The van der Waals surface area contributed by atoms with Gasteiger partial charge in [0.05, 0.1) is 19.8 Å². The molecule has 2 nitrogen and oxygen atoms in total. The maximum Gasteiger partial charge on any atom is 0.0700 e. The molecule has 0 atom stereocenters. The summed E-state index contributed by atoms with van der Waals surface area (Å²) in [7, 11) is 1.68. The summed E-state index contributed by atoms with van der Waals surface area (Å²) < 4.78 is 9.96. The maximum absolute atomic E-state index is 5.17. The molecule has 1 radical (unpaired) electrons. The van der Waals surface area contributed by atoms with Crippen LogP contribution >= 0.6 is 11.8 Å². The normalized spacial score (nSPS) is 9.00. The number of hydrogen-bond acceptors (Lipinski definition) is 3. The van der Waals surface area contributed by atoms with Crippen LogP contribution in [0.5, 0.6) is 0 Å². The van der Waals surface area contributed by atoms with E-state index in [0.717, 1.165) is 19.0 Å². The van der Waals surface area contributed by atoms with Crippen LogP contribution in [0.3, 0.4) is 0 Å². The van der Waals surface area contributed by atoms with Crippen LogP contribution in [-0.2, 0) is 31.9 Å². The van der Waals surface area contributed by atoms with E-state index in [1.54, 1.807) is 18.9 Å². The van der Waals surface area contributed by atoms with E-state index in [4.69, 9.17) is 9.47 Å². The standard InChI is InChI=1S/C6H14O2S.Au/c1-7-3-4-8-5-6-9-2;/h3-6H2,1-2H3;. The third-order valence-corrected chi connectivity index (χ3v) is 1.44. The van der Waals surface area contributed by atoms with Crippen LogP contribution in [0, 0.1) is 0 Å². The van der Waals surface area contributed by atoms with Crippen LogP contribution in [0.1, 0.15) is 0 Å². The van der Waals surface area contributed by atoms with E-state index in [1.807, 2.05) is 0 Å². The van der Waals surface area contributed by atoms with E-state index in [0.29, 0.717) is 6.61 Å². The third kappa shape index (κ3) is 11.8. The fraction of sp³-hybridized carbons (Fsp3) is 1.00. The second-order valence-corrected chi connectivity index (χ2v) is 2.58. The van der Waals surface area contributed by atoms with Gasteiger partial charge in [-0.25, -0.2) is 0 Å². The van der Waals surface area contributed by atoms with Crippen molar-refractivity contribution in [2.24, 2.45) is 0 Å². The first-order valence-corrected chi connectivity index (χ1v) is 4.37. The molecule has 0 amide bonds. The first-order valence-electron chi connectivity index (χ1n) is 2.97. The molecule has 0 aliphatic heterocycles. The first kappa shape index (κ1) is 13.6. The Labute approximate surface area is 82.5 Å². The molecule has 0 aromatic heterocycles. The minimum Gasteiger partial charge on any atom is -0.382 e. The van der Waals surface area contributed by atoms with Gasteiger partial charge in [0, 0.05) is 35.2 Å². The Hall–Kier alpha value is 1.01. The van der Waals surface area contributed by atoms with E-state index in [1.165, 1.54) is 0 Å². The quantitative estimate of drug-likeness (QED) is 0.528. The topological polar surface area (TPSA) is 18.5 Å². The number of hydrogen-bond donors (Lipinski definition) is 0. The van der Waals surface area contributed by atoms with Gasteiger partial charge >= 0.3 is 0 Å². The van der Waals surface area contributed by atoms with Crippen LogP contribution in [0.2, 0.25) is 0 Å². The Bertz CT molecular complexity index is 49.0. The van der Waals surface area contributed by atoms with Crippen molar-refractivity contribution < 1.29 is 31.9 Å². The molecule has 0 aliphatic rings. The van der Waals surface area contributed by atoms with Crippen LogP contribution in [0.25, 0.3) is 0 Å². The van der Waals surface area contributed by atoms with Crippen LogP contribution < -0.4 is 0 Å². The van der Waals surface area contributed by atoms with Gasteiger partial charge in [-0.15, -0.1) is 0 Å². The van der Waals surface area contributed by atoms with Gasteiger partial charge in [-0.3, -0.25) is 0 Å². The molecule has 0 aromatic rings. The average Bonchev–Trinajstić information content (AvgIpc) is 1.89. The van der Waals surface area contributed by atoms with E-state index >= 15 is 0 Å². The zero-order chi connectivity index (χ0) is 6.95. The zero-order valence-electron chi connectivity index (χ0n) is 6.35. The summed E-state index contributed by atoms with van der Waals surface area (Å²) in [6, 6.07) is 0. The van der Waals surface area contributed by atoms with Gasteiger partial charge in [-0.05, 0) is 6.26 Å². The Morgan fingerprint density at radius 2 is 1.90 bits per heavy atom. The van der Waals surface area contributed by atoms with E-state index < -0.39 is 0 Å². The number of rotatable bonds is 6. The Kier molecular flexibility index (Phi) is 17.2. The number of thioether (sulfide) groups is 1. The summed E-state index contributed by atoms with van der Waals surface area (Å²) >= 11 is 1.79. The molecule has 0 saturated carbocycles. The molecular formula is C6H14AuO2S. The predicted octanol–water partition coefficient (Wildman–Crippen LogP) is 1.01. The van der Waals surface area contributed by atoms with Crippen molar-refractivity contribution in [2.75, 3.05) is 38.9 Å². The molecule has 0 fully saturated rings. The van der Waals surface area contributed by atoms with E-state index in [9.17, 15) is 0 Å². The van der Waals surface area contributed by atoms with E-state index in [-0.39, 0.29) is 22.4 Å². The van der Waals surface area contributed by atoms with Crippen LogP contribution in [0.4, 0.5) is 0 Å². The molecule has 0 unspecified atom stereocenters. The molecule has 0 spiro atoms. The van der Waals surface area contributed by atoms with Gasteiger partial charge in [-0.1, -0.05) is 0 Å². The maximum atomic E-state index is 5.17. The average molecular weight is 347 g/mol. The molecule has 0 rings (SSSR count). The number of ether oxygens (including phenoxy) is 2. The van der Waals surface area contributed by atoms with Gasteiger partial charge in [0.25, 0.3) is 0 Å². The van der Waals surface area contributed by atoms with Crippen molar-refractivity contribution in [3.8, 4) is 0 Å². The molecule has 0 aliphatic carbocycles. The SMILES string of the molecule is COCCOCCSC.[Au]. The molecule has 0 saturated heterocycles. The molecule has 10 heavy (non-hydrogen) atoms. The second-order valence-electron chi connectivity index (χ2n) is 1.60. The van der Waals surface area contributed by atoms with Crippen molar-refractivity contribution in [2.45, 2.75) is 0 Å². The molecule has 0 heterocycles. The monoisotopic (exact) mass is 347 g/mol. The van der Waals surface area contributed by atoms with Crippen LogP contribution in [0.15, 0.2) is 0 Å². The summed E-state index contributed by atoms with van der Waals surface area (Å²) in [6.45, 7) is 2.26. The molecule has 0 N–H and O–H groups in total. The first-order chi connectivity index (χ1) is 4.41. The summed E-state index contributed by atoms with van der Waals surface area (Å²) in [5.74, 6) is 1.07. The van der Waals surface area contributed by atoms with Gasteiger partial charge in [-0.2, -0.15) is 11.8 Å². The minimum absolute atomic E-state index is 0. The van der Waals surface area contributed by atoms with Gasteiger partial charge in [0.15, 0.2) is 0 Å². The minimum atomic E-state index is 0. The number of methoxy groups -OCH3 is 1. The van der Waals surface area contributed by atoms with Crippen LogP contribution in [-0.4, -0.2) is 38.9 Å². The Morgan fingerprint density at radius 3 is 2.40 bits per heavy atom. The van der Waals surface area contributed by atoms with Gasteiger partial charge < -0.3 is 9.47 Å². The fourth-order valence-electron chi connectivity index (χ4n) is 0.387. The Morgan fingerprint density at radius 1 is 1.20 bits per heavy atom. The smallest absolute Gasteiger partial charge is 0.0700 e. The molecule has 0 aromatic carbocycles. The van der Waals surface area contributed by atoms with Crippen molar-refractivity contribution in [3.63, 3.8) is 0 Å². The van der Waals surface area contributed by atoms with E-state index in [2.05, 4.69) is 6.26 Å².